The van der Waals surface area contributed by atoms with Crippen LogP contribution in [0.5, 0.6) is 11.5 Å². The van der Waals surface area contributed by atoms with Crippen LogP contribution in [0.2, 0.25) is 0 Å². The minimum absolute atomic E-state index is 0.0370. The van der Waals surface area contributed by atoms with Crippen LogP contribution in [0, 0.1) is 6.92 Å². The number of rotatable bonds is 4. The van der Waals surface area contributed by atoms with Crippen LogP contribution >= 0.6 is 0 Å². The molecule has 1 aromatic rings. The SMILES string of the molecule is COc1ccc(OCC(=O)N2CCNCC2)cc1C. The number of ether oxygens (including phenoxy) is 2. The molecule has 2 rings (SSSR count). The number of amides is 1. The Morgan fingerprint density at radius 1 is 1.37 bits per heavy atom. The van der Waals surface area contributed by atoms with Crippen molar-refractivity contribution in [3.05, 3.63) is 23.8 Å². The normalized spacial score (nSPS) is 15.2. The number of nitrogens with zero attached hydrogens (tertiary/aromatic N) is 1. The monoisotopic (exact) mass is 264 g/mol. The molecule has 1 heterocycles. The summed E-state index contributed by atoms with van der Waals surface area (Å²) in [6.07, 6.45) is 0. The van der Waals surface area contributed by atoms with Crippen LogP contribution < -0.4 is 14.8 Å². The molecule has 1 aliphatic rings. The summed E-state index contributed by atoms with van der Waals surface area (Å²) in [5, 5.41) is 3.21. The largest absolute Gasteiger partial charge is 0.496 e. The second-order valence-electron chi connectivity index (χ2n) is 4.55. The van der Waals surface area contributed by atoms with Gasteiger partial charge in [-0.05, 0) is 30.7 Å². The lowest BCUT2D eigenvalue weighted by Crippen LogP contribution is -2.47. The van der Waals surface area contributed by atoms with Crippen LogP contribution in [0.4, 0.5) is 0 Å². The molecule has 1 fully saturated rings. The van der Waals surface area contributed by atoms with Gasteiger partial charge in [-0.1, -0.05) is 0 Å². The number of benzene rings is 1. The number of carbonyl (C=O) groups excluding carboxylic acids is 1. The first-order valence-corrected chi connectivity index (χ1v) is 6.46. The molecule has 0 radical (unpaired) electrons. The lowest BCUT2D eigenvalue weighted by Gasteiger charge is -2.27. The maximum Gasteiger partial charge on any atom is 0.260 e. The zero-order chi connectivity index (χ0) is 13.7. The Labute approximate surface area is 113 Å². The third-order valence-corrected chi connectivity index (χ3v) is 3.20. The average Bonchev–Trinajstić information content (AvgIpc) is 2.46. The van der Waals surface area contributed by atoms with E-state index < -0.39 is 0 Å². The number of piperazine rings is 1. The van der Waals surface area contributed by atoms with Gasteiger partial charge in [-0.25, -0.2) is 0 Å². The first-order chi connectivity index (χ1) is 9.20. The fraction of sp³-hybridized carbons (Fsp3) is 0.500. The Morgan fingerprint density at radius 3 is 2.74 bits per heavy atom. The quantitative estimate of drug-likeness (QED) is 0.874. The van der Waals surface area contributed by atoms with Crippen molar-refractivity contribution in [3.8, 4) is 11.5 Å². The highest BCUT2D eigenvalue weighted by atomic mass is 16.5. The van der Waals surface area contributed by atoms with Gasteiger partial charge in [0.1, 0.15) is 11.5 Å². The summed E-state index contributed by atoms with van der Waals surface area (Å²) in [4.78, 5) is 13.8. The van der Waals surface area contributed by atoms with Gasteiger partial charge >= 0.3 is 0 Å². The maximum absolute atomic E-state index is 11.9. The number of hydrogen-bond donors (Lipinski definition) is 1. The number of nitrogens with one attached hydrogen (secondary N) is 1. The van der Waals surface area contributed by atoms with E-state index in [-0.39, 0.29) is 12.5 Å². The first kappa shape index (κ1) is 13.7. The summed E-state index contributed by atoms with van der Waals surface area (Å²) in [6, 6.07) is 5.54. The van der Waals surface area contributed by atoms with Gasteiger partial charge in [0.25, 0.3) is 5.91 Å². The molecule has 19 heavy (non-hydrogen) atoms. The van der Waals surface area contributed by atoms with Crippen LogP contribution in [-0.2, 0) is 4.79 Å². The molecule has 0 atom stereocenters. The van der Waals surface area contributed by atoms with E-state index in [1.807, 2.05) is 30.0 Å². The Morgan fingerprint density at radius 2 is 2.11 bits per heavy atom. The van der Waals surface area contributed by atoms with E-state index in [4.69, 9.17) is 9.47 Å². The maximum atomic E-state index is 11.9. The van der Waals surface area contributed by atoms with Crippen molar-refractivity contribution < 1.29 is 14.3 Å². The van der Waals surface area contributed by atoms with Gasteiger partial charge in [-0.3, -0.25) is 4.79 Å². The van der Waals surface area contributed by atoms with Crippen molar-refractivity contribution in [2.75, 3.05) is 39.9 Å². The van der Waals surface area contributed by atoms with Crippen molar-refractivity contribution in [3.63, 3.8) is 0 Å². The highest BCUT2D eigenvalue weighted by molar-refractivity contribution is 5.77. The third-order valence-electron chi connectivity index (χ3n) is 3.20. The van der Waals surface area contributed by atoms with Crippen molar-refractivity contribution in [1.82, 2.24) is 10.2 Å². The second kappa shape index (κ2) is 6.43. The minimum atomic E-state index is 0.0370. The molecule has 0 saturated carbocycles. The molecular weight excluding hydrogens is 244 g/mol. The zero-order valence-corrected chi connectivity index (χ0v) is 11.4. The van der Waals surface area contributed by atoms with Crippen molar-refractivity contribution in [1.29, 1.82) is 0 Å². The number of carbonyl (C=O) groups is 1. The summed E-state index contributed by atoms with van der Waals surface area (Å²) in [5.74, 6) is 1.55. The van der Waals surface area contributed by atoms with E-state index in [0.717, 1.165) is 37.5 Å². The van der Waals surface area contributed by atoms with Crippen molar-refractivity contribution in [2.45, 2.75) is 6.92 Å². The minimum Gasteiger partial charge on any atom is -0.496 e. The fourth-order valence-corrected chi connectivity index (χ4v) is 2.09. The molecule has 0 unspecified atom stereocenters. The predicted molar refractivity (Wildman–Crippen MR) is 72.7 cm³/mol. The van der Waals surface area contributed by atoms with Gasteiger partial charge in [-0.15, -0.1) is 0 Å². The first-order valence-electron chi connectivity index (χ1n) is 6.46. The van der Waals surface area contributed by atoms with Gasteiger partial charge in [0, 0.05) is 26.2 Å². The molecule has 0 bridgehead atoms. The topological polar surface area (TPSA) is 50.8 Å². The van der Waals surface area contributed by atoms with E-state index in [1.165, 1.54) is 0 Å². The molecule has 1 aliphatic heterocycles. The van der Waals surface area contributed by atoms with Crippen LogP contribution in [-0.4, -0.2) is 50.7 Å². The third kappa shape index (κ3) is 3.61. The number of hydrogen-bond acceptors (Lipinski definition) is 4. The smallest absolute Gasteiger partial charge is 0.260 e. The lowest BCUT2D eigenvalue weighted by atomic mass is 10.2. The van der Waals surface area contributed by atoms with Crippen LogP contribution in [0.25, 0.3) is 0 Å². The molecule has 0 spiro atoms. The highest BCUT2D eigenvalue weighted by Crippen LogP contribution is 2.22. The summed E-state index contributed by atoms with van der Waals surface area (Å²) in [6.45, 7) is 5.25. The molecular formula is C14H20N2O3. The Kier molecular flexibility index (Phi) is 4.63. The number of aryl methyl sites for hydroxylation is 1. The van der Waals surface area contributed by atoms with E-state index >= 15 is 0 Å². The number of methoxy groups -OCH3 is 1. The fourth-order valence-electron chi connectivity index (χ4n) is 2.09. The van der Waals surface area contributed by atoms with E-state index in [1.54, 1.807) is 7.11 Å². The van der Waals surface area contributed by atoms with E-state index in [9.17, 15) is 4.79 Å². The van der Waals surface area contributed by atoms with Gasteiger partial charge < -0.3 is 19.7 Å². The summed E-state index contributed by atoms with van der Waals surface area (Å²) >= 11 is 0. The molecule has 5 nitrogen and oxygen atoms in total. The van der Waals surface area contributed by atoms with Crippen molar-refractivity contribution in [2.24, 2.45) is 0 Å². The molecule has 0 aromatic heterocycles. The Bertz CT molecular complexity index is 442. The molecule has 1 aromatic carbocycles. The predicted octanol–water partition coefficient (Wildman–Crippen LogP) is 0.814. The van der Waals surface area contributed by atoms with Crippen molar-refractivity contribution >= 4 is 5.91 Å². The molecule has 1 saturated heterocycles. The van der Waals surface area contributed by atoms with Crippen LogP contribution in [0.3, 0.4) is 0 Å². The molecule has 1 amide bonds. The van der Waals surface area contributed by atoms with Gasteiger partial charge in [0.2, 0.25) is 0 Å². The van der Waals surface area contributed by atoms with Crippen LogP contribution in [0.15, 0.2) is 18.2 Å². The highest BCUT2D eigenvalue weighted by Gasteiger charge is 2.16. The molecule has 5 heteroatoms. The van der Waals surface area contributed by atoms with E-state index in [0.29, 0.717) is 5.75 Å². The molecule has 1 N–H and O–H groups in total. The van der Waals surface area contributed by atoms with Gasteiger partial charge in [0.05, 0.1) is 7.11 Å². The average molecular weight is 264 g/mol. The summed E-state index contributed by atoms with van der Waals surface area (Å²) < 4.78 is 10.7. The second-order valence-corrected chi connectivity index (χ2v) is 4.55. The Balaban J connectivity index is 1.87. The summed E-state index contributed by atoms with van der Waals surface area (Å²) in [5.41, 5.74) is 0.995. The summed E-state index contributed by atoms with van der Waals surface area (Å²) in [7, 11) is 1.64. The van der Waals surface area contributed by atoms with E-state index in [2.05, 4.69) is 5.32 Å². The van der Waals surface area contributed by atoms with Gasteiger partial charge in [0.15, 0.2) is 6.61 Å². The molecule has 104 valence electrons. The standard InChI is InChI=1S/C14H20N2O3/c1-11-9-12(3-4-13(11)18-2)19-10-14(17)16-7-5-15-6-8-16/h3-4,9,15H,5-8,10H2,1-2H3. The zero-order valence-electron chi connectivity index (χ0n) is 11.4. The Hall–Kier alpha value is -1.75. The van der Waals surface area contributed by atoms with Crippen LogP contribution in [0.1, 0.15) is 5.56 Å². The lowest BCUT2D eigenvalue weighted by molar-refractivity contribution is -0.133. The molecule has 0 aliphatic carbocycles. The van der Waals surface area contributed by atoms with Gasteiger partial charge in [-0.2, -0.15) is 0 Å².